The molecule has 8 nitrogen and oxygen atoms in total. The predicted molar refractivity (Wildman–Crippen MR) is 128 cm³/mol. The van der Waals surface area contributed by atoms with E-state index in [0.29, 0.717) is 34.1 Å². The molecule has 2 aromatic heterocycles. The van der Waals surface area contributed by atoms with Gasteiger partial charge in [-0.25, -0.2) is 0 Å². The fourth-order valence-electron chi connectivity index (χ4n) is 3.40. The molecule has 4 aromatic rings. The highest BCUT2D eigenvalue weighted by Gasteiger charge is 2.22. The Morgan fingerprint density at radius 2 is 1.79 bits per heavy atom. The number of nitrogens with one attached hydrogen (secondary N) is 1. The third-order valence-electron chi connectivity index (χ3n) is 4.99. The van der Waals surface area contributed by atoms with Crippen LogP contribution < -0.4 is 19.5 Å². The van der Waals surface area contributed by atoms with Gasteiger partial charge < -0.3 is 23.9 Å². The van der Waals surface area contributed by atoms with Gasteiger partial charge in [0.15, 0.2) is 10.1 Å². The van der Waals surface area contributed by atoms with Crippen molar-refractivity contribution in [2.45, 2.75) is 23.6 Å². The summed E-state index contributed by atoms with van der Waals surface area (Å²) in [6.07, 6.45) is 0. The number of para-hydroxylation sites is 1. The van der Waals surface area contributed by atoms with Crippen molar-refractivity contribution < 1.29 is 23.4 Å². The van der Waals surface area contributed by atoms with E-state index in [0.717, 1.165) is 20.3 Å². The number of aryl methyl sites for hydroxylation is 1. The maximum atomic E-state index is 13.2. The van der Waals surface area contributed by atoms with Gasteiger partial charge in [-0.1, -0.05) is 41.3 Å². The van der Waals surface area contributed by atoms with Crippen LogP contribution in [0.25, 0.3) is 11.0 Å². The summed E-state index contributed by atoms with van der Waals surface area (Å²) in [6.45, 7) is 2.10. The van der Waals surface area contributed by atoms with E-state index in [1.165, 1.54) is 23.1 Å². The van der Waals surface area contributed by atoms with Crippen molar-refractivity contribution in [1.82, 2.24) is 15.5 Å². The van der Waals surface area contributed by atoms with E-state index in [2.05, 4.69) is 15.5 Å². The number of rotatable bonds is 9. The number of furan rings is 1. The number of thioether (sulfide) groups is 1. The Kier molecular flexibility index (Phi) is 7.05. The van der Waals surface area contributed by atoms with Crippen LogP contribution in [0.5, 0.6) is 17.2 Å². The largest absolute Gasteiger partial charge is 0.496 e. The summed E-state index contributed by atoms with van der Waals surface area (Å²) in [6, 6.07) is 11.1. The van der Waals surface area contributed by atoms with E-state index in [1.54, 1.807) is 33.5 Å². The summed E-state index contributed by atoms with van der Waals surface area (Å²) in [7, 11) is 4.69. The Hall–Kier alpha value is -3.24. The van der Waals surface area contributed by atoms with Crippen molar-refractivity contribution in [3.63, 3.8) is 0 Å². The first-order valence-corrected chi connectivity index (χ1v) is 11.8. The van der Waals surface area contributed by atoms with Crippen molar-refractivity contribution in [3.05, 3.63) is 58.3 Å². The molecule has 4 rings (SSSR count). The highest BCUT2D eigenvalue weighted by atomic mass is 32.2. The number of fused-ring (bicyclic) bond motifs is 1. The zero-order valence-electron chi connectivity index (χ0n) is 18.6. The van der Waals surface area contributed by atoms with E-state index < -0.39 is 0 Å². The van der Waals surface area contributed by atoms with E-state index in [9.17, 15) is 4.79 Å². The summed E-state index contributed by atoms with van der Waals surface area (Å²) >= 11 is 3.05. The molecule has 0 radical (unpaired) electrons. The van der Waals surface area contributed by atoms with Gasteiger partial charge in [0.1, 0.15) is 27.8 Å². The van der Waals surface area contributed by atoms with Gasteiger partial charge >= 0.3 is 0 Å². The minimum atomic E-state index is -0.324. The summed E-state index contributed by atoms with van der Waals surface area (Å²) in [4.78, 5) is 13.2. The lowest BCUT2D eigenvalue weighted by molar-refractivity contribution is 0.0924. The SMILES string of the molecule is COc1cc(OC)c(CNC(=O)c2oc3ccccc3c2CSc2nnc(C)s2)c(OC)c1. The zero-order valence-corrected chi connectivity index (χ0v) is 20.3. The Balaban J connectivity index is 1.60. The number of carbonyl (C=O) groups excluding carboxylic acids is 1. The molecule has 2 heterocycles. The van der Waals surface area contributed by atoms with Crippen LogP contribution in [0.2, 0.25) is 0 Å². The first-order valence-electron chi connectivity index (χ1n) is 10.0. The first kappa shape index (κ1) is 22.9. The second-order valence-corrected chi connectivity index (χ2v) is 9.38. The smallest absolute Gasteiger partial charge is 0.287 e. The molecule has 0 aliphatic rings. The first-order chi connectivity index (χ1) is 16.0. The predicted octanol–water partition coefficient (Wildman–Crippen LogP) is 4.84. The van der Waals surface area contributed by atoms with Gasteiger partial charge in [-0.15, -0.1) is 10.2 Å². The number of ether oxygens (including phenoxy) is 3. The lowest BCUT2D eigenvalue weighted by Gasteiger charge is -2.15. The molecule has 0 fully saturated rings. The number of methoxy groups -OCH3 is 3. The summed E-state index contributed by atoms with van der Waals surface area (Å²) < 4.78 is 23.0. The molecule has 0 saturated heterocycles. The van der Waals surface area contributed by atoms with Gasteiger partial charge in [0, 0.05) is 28.8 Å². The summed E-state index contributed by atoms with van der Waals surface area (Å²) in [5.41, 5.74) is 2.17. The monoisotopic (exact) mass is 485 g/mol. The molecule has 1 N–H and O–H groups in total. The number of amides is 1. The van der Waals surface area contributed by atoms with Crippen molar-refractivity contribution in [3.8, 4) is 17.2 Å². The van der Waals surface area contributed by atoms with Crippen LogP contribution >= 0.6 is 23.1 Å². The maximum absolute atomic E-state index is 13.2. The zero-order chi connectivity index (χ0) is 23.4. The molecule has 0 spiro atoms. The molecule has 0 atom stereocenters. The molecule has 10 heteroatoms. The van der Waals surface area contributed by atoms with Crippen molar-refractivity contribution >= 4 is 40.0 Å². The Labute approximate surface area is 199 Å². The number of hydrogen-bond acceptors (Lipinski definition) is 9. The second-order valence-electron chi connectivity index (χ2n) is 6.97. The normalized spacial score (nSPS) is 10.9. The minimum Gasteiger partial charge on any atom is -0.496 e. The van der Waals surface area contributed by atoms with E-state index >= 15 is 0 Å². The van der Waals surface area contributed by atoms with Crippen LogP contribution in [0.3, 0.4) is 0 Å². The lowest BCUT2D eigenvalue weighted by atomic mass is 10.1. The summed E-state index contributed by atoms with van der Waals surface area (Å²) in [5.74, 6) is 2.19. The third kappa shape index (κ3) is 4.91. The average molecular weight is 486 g/mol. The second kappa shape index (κ2) is 10.1. The highest BCUT2D eigenvalue weighted by Crippen LogP contribution is 2.35. The Morgan fingerprint density at radius 1 is 1.06 bits per heavy atom. The molecule has 0 unspecified atom stereocenters. The lowest BCUT2D eigenvalue weighted by Crippen LogP contribution is -2.24. The molecule has 172 valence electrons. The van der Waals surface area contributed by atoms with Crippen LogP contribution in [0.1, 0.15) is 26.7 Å². The van der Waals surface area contributed by atoms with Gasteiger partial charge in [-0.3, -0.25) is 4.79 Å². The van der Waals surface area contributed by atoms with Gasteiger partial charge in [0.05, 0.1) is 33.4 Å². The molecule has 0 aliphatic heterocycles. The number of aromatic nitrogens is 2. The van der Waals surface area contributed by atoms with E-state index in [-0.39, 0.29) is 18.2 Å². The molecule has 33 heavy (non-hydrogen) atoms. The molecule has 1 amide bonds. The van der Waals surface area contributed by atoms with E-state index in [4.69, 9.17) is 18.6 Å². The van der Waals surface area contributed by atoms with Gasteiger partial charge in [-0.05, 0) is 13.0 Å². The molecular formula is C23H23N3O5S2. The average Bonchev–Trinajstić information content (AvgIpc) is 3.43. The van der Waals surface area contributed by atoms with E-state index in [1.807, 2.05) is 31.2 Å². The standard InChI is InChI=1S/C23H23N3O5S2/c1-13-25-26-23(33-13)32-12-17-15-7-5-6-8-18(15)31-21(17)22(27)24-11-16-19(29-3)9-14(28-2)10-20(16)30-4/h5-10H,11-12H2,1-4H3,(H,24,27). The van der Waals surface area contributed by atoms with Gasteiger partial charge in [-0.2, -0.15) is 0 Å². The van der Waals surface area contributed by atoms with Crippen LogP contribution in [-0.2, 0) is 12.3 Å². The van der Waals surface area contributed by atoms with Crippen LogP contribution in [0.4, 0.5) is 0 Å². The minimum absolute atomic E-state index is 0.189. The number of nitrogens with zero attached hydrogens (tertiary/aromatic N) is 2. The molecule has 0 saturated carbocycles. The maximum Gasteiger partial charge on any atom is 0.287 e. The molecule has 0 aliphatic carbocycles. The molecular weight excluding hydrogens is 462 g/mol. The van der Waals surface area contributed by atoms with Crippen molar-refractivity contribution in [2.24, 2.45) is 0 Å². The van der Waals surface area contributed by atoms with Crippen LogP contribution in [0.15, 0.2) is 45.2 Å². The quantitative estimate of drug-likeness (QED) is 0.337. The highest BCUT2D eigenvalue weighted by molar-refractivity contribution is 8.00. The molecule has 2 aromatic carbocycles. The Morgan fingerprint density at radius 3 is 2.42 bits per heavy atom. The molecule has 0 bridgehead atoms. The number of hydrogen-bond donors (Lipinski definition) is 1. The third-order valence-corrected chi connectivity index (χ3v) is 6.99. The van der Waals surface area contributed by atoms with Crippen LogP contribution in [0, 0.1) is 6.92 Å². The van der Waals surface area contributed by atoms with Crippen molar-refractivity contribution in [1.29, 1.82) is 0 Å². The number of carbonyl (C=O) groups is 1. The Bertz CT molecular complexity index is 1260. The van der Waals surface area contributed by atoms with Crippen molar-refractivity contribution in [2.75, 3.05) is 21.3 Å². The summed E-state index contributed by atoms with van der Waals surface area (Å²) in [5, 5.41) is 13.0. The van der Waals surface area contributed by atoms with Gasteiger partial charge in [0.25, 0.3) is 5.91 Å². The topological polar surface area (TPSA) is 95.7 Å². The number of benzene rings is 2. The van der Waals surface area contributed by atoms with Crippen LogP contribution in [-0.4, -0.2) is 37.4 Å². The van der Waals surface area contributed by atoms with Gasteiger partial charge in [0.2, 0.25) is 0 Å². The fraction of sp³-hybridized carbons (Fsp3) is 0.261. The fourth-order valence-corrected chi connectivity index (χ4v) is 5.24.